The van der Waals surface area contributed by atoms with Gasteiger partial charge in [-0.15, -0.1) is 24.0 Å². The Balaban J connectivity index is 0.00000312. The lowest BCUT2D eigenvalue weighted by Crippen LogP contribution is -2.53. The first-order valence-corrected chi connectivity index (χ1v) is 10.4. The van der Waals surface area contributed by atoms with Gasteiger partial charge >= 0.3 is 0 Å². The number of hydrogen-bond donors (Lipinski definition) is 2. The van der Waals surface area contributed by atoms with Gasteiger partial charge in [0.05, 0.1) is 25.0 Å². The zero-order chi connectivity index (χ0) is 17.4. The van der Waals surface area contributed by atoms with E-state index in [1.165, 1.54) is 0 Å². The van der Waals surface area contributed by atoms with E-state index in [0.29, 0.717) is 19.7 Å². The molecule has 2 atom stereocenters. The lowest BCUT2D eigenvalue weighted by Gasteiger charge is -2.37. The van der Waals surface area contributed by atoms with Crippen molar-refractivity contribution in [1.29, 1.82) is 0 Å². The second-order valence-corrected chi connectivity index (χ2v) is 8.04. The molecule has 8 nitrogen and oxygen atoms in total. The highest BCUT2D eigenvalue weighted by Gasteiger charge is 2.32. The van der Waals surface area contributed by atoms with E-state index >= 15 is 0 Å². The number of guanidine groups is 1. The second-order valence-electron chi connectivity index (χ2n) is 5.94. The van der Waals surface area contributed by atoms with Crippen LogP contribution in [-0.2, 0) is 19.5 Å². The Morgan fingerprint density at radius 2 is 2.00 bits per heavy atom. The lowest BCUT2D eigenvalue weighted by molar-refractivity contribution is -0.0817. The van der Waals surface area contributed by atoms with Gasteiger partial charge in [-0.05, 0) is 26.7 Å². The summed E-state index contributed by atoms with van der Waals surface area (Å²) in [6.07, 6.45) is 2.39. The Kier molecular flexibility index (Phi) is 10.5. The molecule has 2 N–H and O–H groups in total. The number of nitrogens with zero attached hydrogens (tertiary/aromatic N) is 2. The summed E-state index contributed by atoms with van der Waals surface area (Å²) < 4.78 is 37.0. The number of nitrogens with one attached hydrogen (secondary N) is 2. The summed E-state index contributed by atoms with van der Waals surface area (Å²) in [6, 6.07) is 0. The molecule has 2 heterocycles. The van der Waals surface area contributed by atoms with Crippen LogP contribution in [0.25, 0.3) is 0 Å². The molecular formula is C15H31IN4O4S. The van der Waals surface area contributed by atoms with Gasteiger partial charge in [0.25, 0.3) is 0 Å². The van der Waals surface area contributed by atoms with Crippen molar-refractivity contribution in [3.63, 3.8) is 0 Å². The normalized spacial score (nSPS) is 24.9. The fraction of sp³-hybridized carbons (Fsp3) is 0.933. The highest BCUT2D eigenvalue weighted by Crippen LogP contribution is 2.20. The molecule has 0 bridgehead atoms. The van der Waals surface area contributed by atoms with Crippen LogP contribution in [0.3, 0.4) is 0 Å². The van der Waals surface area contributed by atoms with E-state index in [2.05, 4.69) is 19.9 Å². The molecule has 0 saturated carbocycles. The Morgan fingerprint density at radius 1 is 1.24 bits per heavy atom. The molecule has 2 unspecified atom stereocenters. The van der Waals surface area contributed by atoms with Crippen molar-refractivity contribution in [3.05, 3.63) is 0 Å². The van der Waals surface area contributed by atoms with Crippen LogP contribution in [-0.4, -0.2) is 83.2 Å². The van der Waals surface area contributed by atoms with Crippen LogP contribution >= 0.6 is 24.0 Å². The fourth-order valence-corrected chi connectivity index (χ4v) is 3.49. The number of morpholine rings is 1. The molecule has 0 spiro atoms. The SMILES string of the molecule is CCNC(=NCCNS(=O)(=O)CC)N1CCOC(C2CCCO2)C1.I. The average Bonchev–Trinajstić information content (AvgIpc) is 3.12. The first-order valence-electron chi connectivity index (χ1n) is 8.79. The van der Waals surface area contributed by atoms with Crippen molar-refractivity contribution >= 4 is 40.0 Å². The van der Waals surface area contributed by atoms with Gasteiger partial charge in [0.2, 0.25) is 10.0 Å². The molecule has 2 fully saturated rings. The van der Waals surface area contributed by atoms with Gasteiger partial charge in [-0.3, -0.25) is 4.99 Å². The highest BCUT2D eigenvalue weighted by molar-refractivity contribution is 14.0. The van der Waals surface area contributed by atoms with Crippen LogP contribution in [0.5, 0.6) is 0 Å². The van der Waals surface area contributed by atoms with E-state index in [4.69, 9.17) is 9.47 Å². The van der Waals surface area contributed by atoms with Crippen molar-refractivity contribution in [2.24, 2.45) is 4.99 Å². The van der Waals surface area contributed by atoms with E-state index in [9.17, 15) is 8.42 Å². The maximum absolute atomic E-state index is 11.4. The molecule has 25 heavy (non-hydrogen) atoms. The lowest BCUT2D eigenvalue weighted by atomic mass is 10.1. The third kappa shape index (κ3) is 7.53. The first-order chi connectivity index (χ1) is 11.6. The molecule has 0 aromatic rings. The summed E-state index contributed by atoms with van der Waals surface area (Å²) in [4.78, 5) is 6.72. The summed E-state index contributed by atoms with van der Waals surface area (Å²) in [5.74, 6) is 0.892. The molecule has 0 aromatic heterocycles. The van der Waals surface area contributed by atoms with Crippen molar-refractivity contribution in [3.8, 4) is 0 Å². The smallest absolute Gasteiger partial charge is 0.211 e. The van der Waals surface area contributed by atoms with Crippen molar-refractivity contribution < 1.29 is 17.9 Å². The van der Waals surface area contributed by atoms with Crippen molar-refractivity contribution in [2.75, 3.05) is 51.7 Å². The number of halogens is 1. The maximum Gasteiger partial charge on any atom is 0.211 e. The molecule has 2 aliphatic rings. The molecule has 0 aromatic carbocycles. The molecule has 0 amide bonds. The summed E-state index contributed by atoms with van der Waals surface area (Å²) in [5.41, 5.74) is 0. The van der Waals surface area contributed by atoms with Gasteiger partial charge in [0, 0.05) is 32.8 Å². The number of ether oxygens (including phenoxy) is 2. The van der Waals surface area contributed by atoms with Crippen LogP contribution in [0.1, 0.15) is 26.7 Å². The van der Waals surface area contributed by atoms with Crippen LogP contribution in [0.4, 0.5) is 0 Å². The maximum atomic E-state index is 11.4. The van der Waals surface area contributed by atoms with Crippen LogP contribution < -0.4 is 10.0 Å². The largest absolute Gasteiger partial charge is 0.375 e. The molecule has 2 aliphatic heterocycles. The Hall–Kier alpha value is -0.170. The van der Waals surface area contributed by atoms with Gasteiger partial charge in [-0.25, -0.2) is 13.1 Å². The van der Waals surface area contributed by atoms with E-state index in [1.807, 2.05) is 6.92 Å². The molecule has 0 radical (unpaired) electrons. The van der Waals surface area contributed by atoms with Gasteiger partial charge in [0.1, 0.15) is 6.10 Å². The van der Waals surface area contributed by atoms with E-state index in [-0.39, 0.29) is 41.9 Å². The number of aliphatic imine (C=N–C) groups is 1. The van der Waals surface area contributed by atoms with Gasteiger partial charge < -0.3 is 19.7 Å². The third-order valence-corrected chi connectivity index (χ3v) is 5.59. The summed E-state index contributed by atoms with van der Waals surface area (Å²) >= 11 is 0. The van der Waals surface area contributed by atoms with Gasteiger partial charge in [-0.2, -0.15) is 0 Å². The van der Waals surface area contributed by atoms with Gasteiger partial charge in [-0.1, -0.05) is 0 Å². The molecular weight excluding hydrogens is 459 g/mol. The van der Waals surface area contributed by atoms with Crippen molar-refractivity contribution in [1.82, 2.24) is 14.9 Å². The number of sulfonamides is 1. The minimum Gasteiger partial charge on any atom is -0.375 e. The average molecular weight is 490 g/mol. The van der Waals surface area contributed by atoms with Gasteiger partial charge in [0.15, 0.2) is 5.96 Å². The van der Waals surface area contributed by atoms with E-state index in [1.54, 1.807) is 6.92 Å². The minimum atomic E-state index is -3.16. The molecule has 2 saturated heterocycles. The first kappa shape index (κ1) is 22.9. The van der Waals surface area contributed by atoms with Crippen molar-refractivity contribution in [2.45, 2.75) is 38.9 Å². The summed E-state index contributed by atoms with van der Waals surface area (Å²) in [5, 5.41) is 3.28. The molecule has 10 heteroatoms. The Morgan fingerprint density at radius 3 is 2.64 bits per heavy atom. The second kappa shape index (κ2) is 11.5. The minimum absolute atomic E-state index is 0. The molecule has 148 valence electrons. The van der Waals surface area contributed by atoms with Crippen LogP contribution in [0.15, 0.2) is 4.99 Å². The standard InChI is InChI=1S/C15H30N4O4S.HI/c1-3-16-15(17-7-8-18-24(20,21)4-2)19-9-11-23-14(12-19)13-6-5-10-22-13;/h13-14,18H,3-12H2,1-2H3,(H,16,17);1H. The zero-order valence-corrected chi connectivity index (χ0v) is 18.2. The quantitative estimate of drug-likeness (QED) is 0.232. The predicted octanol–water partition coefficient (Wildman–Crippen LogP) is 0.389. The highest BCUT2D eigenvalue weighted by atomic mass is 127. The predicted molar refractivity (Wildman–Crippen MR) is 109 cm³/mol. The zero-order valence-electron chi connectivity index (χ0n) is 15.1. The van der Waals surface area contributed by atoms with E-state index < -0.39 is 10.0 Å². The number of hydrogen-bond acceptors (Lipinski definition) is 5. The Bertz CT molecular complexity index is 512. The van der Waals surface area contributed by atoms with E-state index in [0.717, 1.165) is 45.0 Å². The monoisotopic (exact) mass is 490 g/mol. The fourth-order valence-electron chi connectivity index (χ4n) is 2.88. The van der Waals surface area contributed by atoms with Crippen LogP contribution in [0, 0.1) is 0 Å². The third-order valence-electron chi connectivity index (χ3n) is 4.18. The van der Waals surface area contributed by atoms with Crippen LogP contribution in [0.2, 0.25) is 0 Å². The molecule has 2 rings (SSSR count). The topological polar surface area (TPSA) is 92.3 Å². The summed E-state index contributed by atoms with van der Waals surface area (Å²) in [7, 11) is -3.16. The number of rotatable bonds is 7. The molecule has 0 aliphatic carbocycles. The Labute approximate surface area is 168 Å². The summed E-state index contributed by atoms with van der Waals surface area (Å²) in [6.45, 7) is 8.11.